The van der Waals surface area contributed by atoms with E-state index < -0.39 is 0 Å². The van der Waals surface area contributed by atoms with Gasteiger partial charge in [-0.2, -0.15) is 0 Å². The zero-order valence-corrected chi connectivity index (χ0v) is 15.8. The Morgan fingerprint density at radius 2 is 2.26 bits per heavy atom. The van der Waals surface area contributed by atoms with E-state index in [-0.39, 0.29) is 11.7 Å². The number of H-pyrrole nitrogens is 1. The van der Waals surface area contributed by atoms with E-state index >= 15 is 0 Å². The number of benzene rings is 1. The van der Waals surface area contributed by atoms with Crippen molar-refractivity contribution in [2.75, 3.05) is 38.2 Å². The van der Waals surface area contributed by atoms with Gasteiger partial charge in [-0.15, -0.1) is 0 Å². The van der Waals surface area contributed by atoms with E-state index in [4.69, 9.17) is 4.74 Å². The molecule has 1 unspecified atom stereocenters. The molecule has 4 rings (SSSR count). The Kier molecular flexibility index (Phi) is 4.96. The minimum atomic E-state index is -0.0916. The van der Waals surface area contributed by atoms with E-state index in [0.29, 0.717) is 19.0 Å². The van der Waals surface area contributed by atoms with Gasteiger partial charge in [0.05, 0.1) is 12.7 Å². The molecule has 27 heavy (non-hydrogen) atoms. The van der Waals surface area contributed by atoms with Crippen LogP contribution in [-0.4, -0.2) is 58.8 Å². The average molecular weight is 367 g/mol. The van der Waals surface area contributed by atoms with Crippen molar-refractivity contribution in [2.45, 2.75) is 12.6 Å². The number of morpholine rings is 1. The molecule has 3 heterocycles. The molecule has 3 aromatic rings. The summed E-state index contributed by atoms with van der Waals surface area (Å²) in [6, 6.07) is 8.50. The zero-order valence-electron chi connectivity index (χ0n) is 15.8. The van der Waals surface area contributed by atoms with Crippen LogP contribution < -0.4 is 10.5 Å². The summed E-state index contributed by atoms with van der Waals surface area (Å²) in [4.78, 5) is 24.1. The molecule has 7 heteroatoms. The summed E-state index contributed by atoms with van der Waals surface area (Å²) in [7, 11) is 3.63. The summed E-state index contributed by atoms with van der Waals surface area (Å²) in [6.45, 7) is 3.94. The Morgan fingerprint density at radius 1 is 1.37 bits per heavy atom. The highest BCUT2D eigenvalue weighted by molar-refractivity contribution is 5.82. The van der Waals surface area contributed by atoms with Crippen LogP contribution >= 0.6 is 0 Å². The first kappa shape index (κ1) is 17.8. The Morgan fingerprint density at radius 3 is 3.15 bits per heavy atom. The van der Waals surface area contributed by atoms with Crippen molar-refractivity contribution in [1.29, 1.82) is 0 Å². The molecular formula is C20H25N5O2. The Hall–Kier alpha value is -2.64. The summed E-state index contributed by atoms with van der Waals surface area (Å²) in [5.41, 5.74) is 2.41. The lowest BCUT2D eigenvalue weighted by Gasteiger charge is -2.35. The number of nitrogens with one attached hydrogen (secondary N) is 1. The topological polar surface area (TPSA) is 66.4 Å². The molecular weight excluding hydrogens is 342 g/mol. The number of likely N-dealkylation sites (N-methyl/N-ethyl adjacent to an activating group) is 1. The van der Waals surface area contributed by atoms with Crippen LogP contribution in [0.5, 0.6) is 0 Å². The van der Waals surface area contributed by atoms with Crippen LogP contribution in [-0.2, 0) is 18.3 Å². The van der Waals surface area contributed by atoms with E-state index in [2.05, 4.69) is 39.1 Å². The van der Waals surface area contributed by atoms with Crippen LogP contribution in [0.25, 0.3) is 10.9 Å². The van der Waals surface area contributed by atoms with Gasteiger partial charge in [-0.1, -0.05) is 18.2 Å². The van der Waals surface area contributed by atoms with Crippen molar-refractivity contribution < 1.29 is 4.74 Å². The summed E-state index contributed by atoms with van der Waals surface area (Å²) < 4.78 is 7.50. The van der Waals surface area contributed by atoms with Gasteiger partial charge in [0.2, 0.25) is 0 Å². The molecule has 1 fully saturated rings. The highest BCUT2D eigenvalue weighted by atomic mass is 16.5. The second kappa shape index (κ2) is 7.54. The first-order valence-electron chi connectivity index (χ1n) is 9.23. The second-order valence-electron chi connectivity index (χ2n) is 7.13. The molecule has 0 aliphatic carbocycles. The van der Waals surface area contributed by atoms with Crippen molar-refractivity contribution in [2.24, 2.45) is 7.05 Å². The molecule has 142 valence electrons. The lowest BCUT2D eigenvalue weighted by Crippen LogP contribution is -2.47. The van der Waals surface area contributed by atoms with E-state index in [0.717, 1.165) is 19.6 Å². The van der Waals surface area contributed by atoms with Gasteiger partial charge < -0.3 is 19.2 Å². The van der Waals surface area contributed by atoms with E-state index in [1.165, 1.54) is 16.5 Å². The van der Waals surface area contributed by atoms with Crippen LogP contribution in [0.3, 0.4) is 0 Å². The molecule has 7 nitrogen and oxygen atoms in total. The Labute approximate surface area is 158 Å². The first-order chi connectivity index (χ1) is 13.1. The van der Waals surface area contributed by atoms with Gasteiger partial charge in [0.25, 0.3) is 5.56 Å². The molecule has 1 atom stereocenters. The molecule has 1 saturated heterocycles. The maximum atomic E-state index is 12.3. The fraction of sp³-hybridized carbons (Fsp3) is 0.400. The van der Waals surface area contributed by atoms with Crippen LogP contribution in [0.2, 0.25) is 0 Å². The van der Waals surface area contributed by atoms with Gasteiger partial charge >= 0.3 is 0 Å². The highest BCUT2D eigenvalue weighted by Crippen LogP contribution is 2.20. The maximum Gasteiger partial charge on any atom is 0.293 e. The number of nitrogens with zero attached hydrogens (tertiary/aromatic N) is 4. The van der Waals surface area contributed by atoms with Crippen molar-refractivity contribution >= 4 is 16.7 Å². The fourth-order valence-corrected chi connectivity index (χ4v) is 3.70. The van der Waals surface area contributed by atoms with Gasteiger partial charge in [0.15, 0.2) is 5.82 Å². The van der Waals surface area contributed by atoms with Gasteiger partial charge in [0, 0.05) is 64.4 Å². The SMILES string of the molecule is CN(CC1CN(Cc2cccc3cc[nH]c23)CCO1)c1nccn(C)c1=O. The maximum absolute atomic E-state index is 12.3. The number of hydrogen-bond acceptors (Lipinski definition) is 5. The number of aryl methyl sites for hydroxylation is 1. The lowest BCUT2D eigenvalue weighted by atomic mass is 10.1. The van der Waals surface area contributed by atoms with Gasteiger partial charge in [-0.25, -0.2) is 4.98 Å². The van der Waals surface area contributed by atoms with Gasteiger partial charge in [-0.05, 0) is 17.0 Å². The largest absolute Gasteiger partial charge is 0.374 e. The van der Waals surface area contributed by atoms with Crippen molar-refractivity contribution in [1.82, 2.24) is 19.4 Å². The van der Waals surface area contributed by atoms with E-state index in [1.54, 1.807) is 24.0 Å². The predicted molar refractivity (Wildman–Crippen MR) is 106 cm³/mol. The molecule has 1 N–H and O–H groups in total. The molecule has 0 spiro atoms. The van der Waals surface area contributed by atoms with Crippen LogP contribution in [0.15, 0.2) is 47.7 Å². The molecule has 0 amide bonds. The van der Waals surface area contributed by atoms with Crippen molar-refractivity contribution in [3.8, 4) is 0 Å². The van der Waals surface area contributed by atoms with E-state index in [1.807, 2.05) is 18.1 Å². The predicted octanol–water partition coefficient (Wildman–Crippen LogP) is 1.60. The van der Waals surface area contributed by atoms with Crippen molar-refractivity contribution in [3.05, 3.63) is 58.8 Å². The summed E-state index contributed by atoms with van der Waals surface area (Å²) in [5.74, 6) is 0.455. The molecule has 2 aromatic heterocycles. The number of para-hydroxylation sites is 1. The third kappa shape index (κ3) is 3.74. The standard InChI is InChI=1S/C20H25N5O2/c1-23-9-8-22-19(20(23)26)24(2)13-17-14-25(10-11-27-17)12-16-5-3-4-15-6-7-21-18(15)16/h3-9,17,21H,10-14H2,1-2H3. The first-order valence-corrected chi connectivity index (χ1v) is 9.23. The minimum Gasteiger partial charge on any atom is -0.374 e. The normalized spacial score (nSPS) is 18.1. The number of fused-ring (bicyclic) bond motifs is 1. The molecule has 0 saturated carbocycles. The number of aromatic amines is 1. The zero-order chi connectivity index (χ0) is 18.8. The monoisotopic (exact) mass is 367 g/mol. The number of ether oxygens (including phenoxy) is 1. The number of aromatic nitrogens is 3. The second-order valence-corrected chi connectivity index (χ2v) is 7.13. The molecule has 0 bridgehead atoms. The summed E-state index contributed by atoms with van der Waals surface area (Å²) >= 11 is 0. The number of anilines is 1. The van der Waals surface area contributed by atoms with Gasteiger partial charge in [0.1, 0.15) is 0 Å². The average Bonchev–Trinajstić information content (AvgIpc) is 3.14. The fourth-order valence-electron chi connectivity index (χ4n) is 3.70. The third-order valence-electron chi connectivity index (χ3n) is 5.13. The van der Waals surface area contributed by atoms with Gasteiger partial charge in [-0.3, -0.25) is 9.69 Å². The van der Waals surface area contributed by atoms with Crippen LogP contribution in [0, 0.1) is 0 Å². The lowest BCUT2D eigenvalue weighted by molar-refractivity contribution is -0.0264. The van der Waals surface area contributed by atoms with Crippen molar-refractivity contribution in [3.63, 3.8) is 0 Å². The van der Waals surface area contributed by atoms with Crippen LogP contribution in [0.1, 0.15) is 5.56 Å². The number of rotatable bonds is 5. The van der Waals surface area contributed by atoms with E-state index in [9.17, 15) is 4.79 Å². The summed E-state index contributed by atoms with van der Waals surface area (Å²) in [6.07, 6.45) is 5.34. The molecule has 0 radical (unpaired) electrons. The highest BCUT2D eigenvalue weighted by Gasteiger charge is 2.23. The summed E-state index contributed by atoms with van der Waals surface area (Å²) in [5, 5.41) is 1.24. The Bertz CT molecular complexity index is 980. The molecule has 1 aliphatic rings. The molecule has 1 aromatic carbocycles. The van der Waals surface area contributed by atoms with Crippen LogP contribution in [0.4, 0.5) is 5.82 Å². The number of hydrogen-bond donors (Lipinski definition) is 1. The Balaban J connectivity index is 1.43. The molecule has 1 aliphatic heterocycles. The third-order valence-corrected chi connectivity index (χ3v) is 5.13. The minimum absolute atomic E-state index is 0.0401. The quantitative estimate of drug-likeness (QED) is 0.742. The smallest absolute Gasteiger partial charge is 0.293 e.